The number of rotatable bonds is 2. The maximum absolute atomic E-state index is 10.4. The summed E-state index contributed by atoms with van der Waals surface area (Å²) in [5.74, 6) is 0.890. The highest BCUT2D eigenvalue weighted by molar-refractivity contribution is 5.74. The van der Waals surface area contributed by atoms with Crippen molar-refractivity contribution in [1.29, 1.82) is 0 Å². The zero-order chi connectivity index (χ0) is 7.40. The molecule has 1 rings (SSSR count). The number of hydrogen-bond donors (Lipinski definition) is 0. The van der Waals surface area contributed by atoms with Crippen LogP contribution in [0.1, 0.15) is 25.7 Å². The Bertz CT molecular complexity index is 159. The summed E-state index contributed by atoms with van der Waals surface area (Å²) in [4.78, 5) is 10.4. The first-order chi connectivity index (χ1) is 4.88. The van der Waals surface area contributed by atoms with Crippen molar-refractivity contribution in [2.75, 3.05) is 7.11 Å². The molecule has 1 aliphatic rings. The van der Waals surface area contributed by atoms with Gasteiger partial charge in [-0.3, -0.25) is 4.79 Å². The van der Waals surface area contributed by atoms with E-state index in [-0.39, 0.29) is 0 Å². The maximum Gasteiger partial charge on any atom is 0.149 e. The molecular formula is C8H12O2. The van der Waals surface area contributed by atoms with Gasteiger partial charge in [-0.2, -0.15) is 0 Å². The fourth-order valence-electron chi connectivity index (χ4n) is 1.26. The van der Waals surface area contributed by atoms with E-state index >= 15 is 0 Å². The minimum Gasteiger partial charge on any atom is -0.501 e. The monoisotopic (exact) mass is 140 g/mol. The number of methoxy groups -OCH3 is 1. The third-order valence-electron chi connectivity index (χ3n) is 1.85. The van der Waals surface area contributed by atoms with Gasteiger partial charge >= 0.3 is 0 Å². The number of aldehydes is 1. The molecule has 0 radical (unpaired) electrons. The van der Waals surface area contributed by atoms with E-state index in [4.69, 9.17) is 4.74 Å². The highest BCUT2D eigenvalue weighted by Crippen LogP contribution is 2.23. The molecule has 0 heterocycles. The van der Waals surface area contributed by atoms with Gasteiger partial charge in [0, 0.05) is 12.0 Å². The first kappa shape index (κ1) is 7.32. The van der Waals surface area contributed by atoms with E-state index in [9.17, 15) is 4.79 Å². The molecule has 2 nitrogen and oxygen atoms in total. The summed E-state index contributed by atoms with van der Waals surface area (Å²) in [5.41, 5.74) is 0.855. The van der Waals surface area contributed by atoms with Gasteiger partial charge < -0.3 is 4.74 Å². The minimum atomic E-state index is 0.855. The van der Waals surface area contributed by atoms with Crippen LogP contribution in [0.25, 0.3) is 0 Å². The molecule has 10 heavy (non-hydrogen) atoms. The molecule has 0 amide bonds. The molecule has 1 aliphatic carbocycles. The Hall–Kier alpha value is -0.790. The van der Waals surface area contributed by atoms with Crippen LogP contribution in [0.4, 0.5) is 0 Å². The maximum atomic E-state index is 10.4. The van der Waals surface area contributed by atoms with E-state index in [0.29, 0.717) is 0 Å². The van der Waals surface area contributed by atoms with E-state index < -0.39 is 0 Å². The Kier molecular flexibility index (Phi) is 2.49. The third-order valence-corrected chi connectivity index (χ3v) is 1.85. The summed E-state index contributed by atoms with van der Waals surface area (Å²) in [7, 11) is 1.63. The Balaban J connectivity index is 2.72. The molecule has 0 atom stereocenters. The van der Waals surface area contributed by atoms with Crippen LogP contribution in [0, 0.1) is 0 Å². The van der Waals surface area contributed by atoms with Crippen LogP contribution in [-0.4, -0.2) is 13.4 Å². The largest absolute Gasteiger partial charge is 0.501 e. The van der Waals surface area contributed by atoms with E-state index in [1.165, 1.54) is 0 Å². The quantitative estimate of drug-likeness (QED) is 0.545. The fourth-order valence-corrected chi connectivity index (χ4v) is 1.26. The average Bonchev–Trinajstić information content (AvgIpc) is 2.04. The molecule has 0 aromatic rings. The van der Waals surface area contributed by atoms with Crippen LogP contribution in [-0.2, 0) is 9.53 Å². The van der Waals surface area contributed by atoms with Gasteiger partial charge in [-0.05, 0) is 19.3 Å². The lowest BCUT2D eigenvalue weighted by atomic mass is 9.99. The number of carbonyl (C=O) groups excluding carboxylic acids is 1. The van der Waals surface area contributed by atoms with Gasteiger partial charge in [-0.15, -0.1) is 0 Å². The molecule has 0 saturated heterocycles. The van der Waals surface area contributed by atoms with Crippen molar-refractivity contribution in [1.82, 2.24) is 0 Å². The molecule has 0 aromatic heterocycles. The van der Waals surface area contributed by atoms with Gasteiger partial charge in [-0.25, -0.2) is 0 Å². The van der Waals surface area contributed by atoms with Crippen LogP contribution in [0.5, 0.6) is 0 Å². The first-order valence-corrected chi connectivity index (χ1v) is 3.59. The second-order valence-electron chi connectivity index (χ2n) is 2.48. The summed E-state index contributed by atoms with van der Waals surface area (Å²) < 4.78 is 5.04. The molecule has 56 valence electrons. The van der Waals surface area contributed by atoms with Crippen molar-refractivity contribution in [3.63, 3.8) is 0 Å². The van der Waals surface area contributed by atoms with Crippen LogP contribution in [0.15, 0.2) is 11.3 Å². The van der Waals surface area contributed by atoms with Crippen molar-refractivity contribution in [3.8, 4) is 0 Å². The van der Waals surface area contributed by atoms with Gasteiger partial charge in [0.15, 0.2) is 0 Å². The van der Waals surface area contributed by atoms with Gasteiger partial charge in [0.2, 0.25) is 0 Å². The normalized spacial score (nSPS) is 18.9. The standard InChI is InChI=1S/C8H12O2/c1-10-8-5-3-2-4-7(8)6-9/h6H,2-5H2,1H3. The lowest BCUT2D eigenvalue weighted by Gasteiger charge is -2.14. The van der Waals surface area contributed by atoms with Gasteiger partial charge in [0.25, 0.3) is 0 Å². The first-order valence-electron chi connectivity index (χ1n) is 3.59. The molecule has 0 saturated carbocycles. The SMILES string of the molecule is COC1=C(C=O)CCCC1. The van der Waals surface area contributed by atoms with E-state index in [2.05, 4.69) is 0 Å². The highest BCUT2D eigenvalue weighted by Gasteiger charge is 2.11. The molecule has 0 spiro atoms. The van der Waals surface area contributed by atoms with Crippen LogP contribution < -0.4 is 0 Å². The Morgan fingerprint density at radius 3 is 2.60 bits per heavy atom. The molecule has 0 unspecified atom stereocenters. The molecule has 0 bridgehead atoms. The molecule has 0 N–H and O–H groups in total. The van der Waals surface area contributed by atoms with Gasteiger partial charge in [-0.1, -0.05) is 0 Å². The topological polar surface area (TPSA) is 26.3 Å². The summed E-state index contributed by atoms with van der Waals surface area (Å²) in [6.07, 6.45) is 5.02. The summed E-state index contributed by atoms with van der Waals surface area (Å²) in [5, 5.41) is 0. The third kappa shape index (κ3) is 1.38. The van der Waals surface area contributed by atoms with E-state index in [1.54, 1.807) is 7.11 Å². The molecule has 0 aliphatic heterocycles. The molecule has 0 fully saturated rings. The van der Waals surface area contributed by atoms with E-state index in [1.807, 2.05) is 0 Å². The predicted molar refractivity (Wildman–Crippen MR) is 38.6 cm³/mol. The molecular weight excluding hydrogens is 128 g/mol. The van der Waals surface area contributed by atoms with Crippen LogP contribution in [0.2, 0.25) is 0 Å². The fraction of sp³-hybridized carbons (Fsp3) is 0.625. The van der Waals surface area contributed by atoms with Crippen molar-refractivity contribution < 1.29 is 9.53 Å². The summed E-state index contributed by atoms with van der Waals surface area (Å²) in [6.45, 7) is 0. The molecule has 0 aromatic carbocycles. The Labute approximate surface area is 60.9 Å². The Morgan fingerprint density at radius 2 is 2.10 bits per heavy atom. The average molecular weight is 140 g/mol. The van der Waals surface area contributed by atoms with E-state index in [0.717, 1.165) is 43.3 Å². The Morgan fingerprint density at radius 1 is 1.40 bits per heavy atom. The molecule has 2 heteroatoms. The number of carbonyl (C=O) groups is 1. The van der Waals surface area contributed by atoms with Gasteiger partial charge in [0.1, 0.15) is 12.0 Å². The van der Waals surface area contributed by atoms with Crippen molar-refractivity contribution in [3.05, 3.63) is 11.3 Å². The van der Waals surface area contributed by atoms with Crippen molar-refractivity contribution in [2.45, 2.75) is 25.7 Å². The smallest absolute Gasteiger partial charge is 0.149 e. The minimum absolute atomic E-state index is 0.855. The summed E-state index contributed by atoms with van der Waals surface area (Å²) >= 11 is 0. The number of allylic oxidation sites excluding steroid dienone is 2. The van der Waals surface area contributed by atoms with Crippen molar-refractivity contribution >= 4 is 6.29 Å². The highest BCUT2D eigenvalue weighted by atomic mass is 16.5. The zero-order valence-electron chi connectivity index (χ0n) is 6.22. The number of hydrogen-bond acceptors (Lipinski definition) is 2. The van der Waals surface area contributed by atoms with Crippen LogP contribution >= 0.6 is 0 Å². The number of ether oxygens (including phenoxy) is 1. The second kappa shape index (κ2) is 3.40. The van der Waals surface area contributed by atoms with Crippen molar-refractivity contribution in [2.24, 2.45) is 0 Å². The lowest BCUT2D eigenvalue weighted by Crippen LogP contribution is -2.02. The van der Waals surface area contributed by atoms with Gasteiger partial charge in [0.05, 0.1) is 7.11 Å². The zero-order valence-corrected chi connectivity index (χ0v) is 6.22. The lowest BCUT2D eigenvalue weighted by molar-refractivity contribution is -0.105. The van der Waals surface area contributed by atoms with Crippen LogP contribution in [0.3, 0.4) is 0 Å². The summed E-state index contributed by atoms with van der Waals surface area (Å²) in [6, 6.07) is 0. The predicted octanol–water partition coefficient (Wildman–Crippen LogP) is 1.66. The second-order valence-corrected chi connectivity index (χ2v) is 2.48.